The molecule has 2 heterocycles. The molecule has 1 aliphatic heterocycles. The van der Waals surface area contributed by atoms with Gasteiger partial charge in [-0.1, -0.05) is 30.3 Å². The molecule has 0 radical (unpaired) electrons. The highest BCUT2D eigenvalue weighted by Gasteiger charge is 2.26. The van der Waals surface area contributed by atoms with Gasteiger partial charge in [0.15, 0.2) is 0 Å². The Morgan fingerprint density at radius 2 is 2.12 bits per heavy atom. The normalized spacial score (nSPS) is 17.1. The fourth-order valence-electron chi connectivity index (χ4n) is 3.12. The van der Waals surface area contributed by atoms with Crippen LogP contribution in [-0.4, -0.2) is 35.4 Å². The average Bonchev–Trinajstić information content (AvgIpc) is 3.09. The molecule has 128 valence electrons. The summed E-state index contributed by atoms with van der Waals surface area (Å²) < 4.78 is 0. The highest BCUT2D eigenvalue weighted by atomic mass is 32.2. The van der Waals surface area contributed by atoms with E-state index in [4.69, 9.17) is 0 Å². The van der Waals surface area contributed by atoms with Gasteiger partial charge in [0, 0.05) is 24.5 Å². The highest BCUT2D eigenvalue weighted by molar-refractivity contribution is 7.99. The number of nitrogens with one attached hydrogen (secondary N) is 1. The number of thiophene rings is 1. The molecule has 3 rings (SSSR count). The maximum absolute atomic E-state index is 12.2. The number of carbonyl (C=O) groups is 1. The number of hydrogen-bond donors (Lipinski definition) is 1. The summed E-state index contributed by atoms with van der Waals surface area (Å²) in [6.07, 6.45) is 3.08. The number of nitrogens with zero attached hydrogens (tertiary/aromatic N) is 1. The summed E-state index contributed by atoms with van der Waals surface area (Å²) in [6, 6.07) is 13.0. The Bertz CT molecular complexity index is 671. The largest absolute Gasteiger partial charge is 0.353 e. The molecule has 0 fully saturated rings. The first-order chi connectivity index (χ1) is 11.7. The number of fused-ring (bicyclic) bond motifs is 1. The monoisotopic (exact) mass is 360 g/mol. The van der Waals surface area contributed by atoms with Crippen LogP contribution in [0.1, 0.15) is 29.0 Å². The van der Waals surface area contributed by atoms with Crippen molar-refractivity contribution in [1.82, 2.24) is 10.2 Å². The third-order valence-corrected chi connectivity index (χ3v) is 6.60. The second-order valence-electron chi connectivity index (χ2n) is 6.14. The second kappa shape index (κ2) is 8.19. The molecule has 1 aliphatic rings. The quantitative estimate of drug-likeness (QED) is 0.852. The van der Waals surface area contributed by atoms with Gasteiger partial charge in [-0.25, -0.2) is 0 Å². The van der Waals surface area contributed by atoms with Crippen molar-refractivity contribution in [3.8, 4) is 0 Å². The van der Waals surface area contributed by atoms with Gasteiger partial charge in [0.05, 0.1) is 11.3 Å². The van der Waals surface area contributed by atoms with Crippen LogP contribution in [0.4, 0.5) is 0 Å². The van der Waals surface area contributed by atoms with Gasteiger partial charge in [-0.3, -0.25) is 9.69 Å². The molecule has 5 heteroatoms. The fraction of sp³-hybridized carbons (Fsp3) is 0.421. The van der Waals surface area contributed by atoms with Crippen LogP contribution < -0.4 is 5.32 Å². The molecule has 1 amide bonds. The Morgan fingerprint density at radius 1 is 1.33 bits per heavy atom. The third kappa shape index (κ3) is 4.02. The first-order valence-electron chi connectivity index (χ1n) is 8.33. The summed E-state index contributed by atoms with van der Waals surface area (Å²) in [5, 5.41) is 5.33. The van der Waals surface area contributed by atoms with Crippen molar-refractivity contribution in [2.24, 2.45) is 0 Å². The van der Waals surface area contributed by atoms with Gasteiger partial charge in [0.1, 0.15) is 0 Å². The maximum Gasteiger partial charge on any atom is 0.232 e. The van der Waals surface area contributed by atoms with Gasteiger partial charge in [-0.05, 0) is 42.2 Å². The number of rotatable bonds is 6. The summed E-state index contributed by atoms with van der Waals surface area (Å²) in [5.74, 6) is 0.122. The van der Waals surface area contributed by atoms with E-state index >= 15 is 0 Å². The van der Waals surface area contributed by atoms with Gasteiger partial charge in [0.2, 0.25) is 5.91 Å². The predicted octanol–water partition coefficient (Wildman–Crippen LogP) is 3.72. The smallest absolute Gasteiger partial charge is 0.232 e. The van der Waals surface area contributed by atoms with E-state index in [2.05, 4.69) is 45.9 Å². The van der Waals surface area contributed by atoms with Gasteiger partial charge >= 0.3 is 0 Å². The number of benzene rings is 1. The van der Waals surface area contributed by atoms with Crippen molar-refractivity contribution in [3.05, 3.63) is 57.8 Å². The van der Waals surface area contributed by atoms with Crippen molar-refractivity contribution >= 4 is 29.0 Å². The van der Waals surface area contributed by atoms with Crippen LogP contribution >= 0.6 is 23.1 Å². The lowest BCUT2D eigenvalue weighted by Crippen LogP contribution is -2.42. The minimum atomic E-state index is -0.00810. The maximum atomic E-state index is 12.2. The van der Waals surface area contributed by atoms with Crippen molar-refractivity contribution < 1.29 is 4.79 Å². The van der Waals surface area contributed by atoms with E-state index in [1.54, 1.807) is 11.8 Å². The molecule has 2 aromatic rings. The van der Waals surface area contributed by atoms with E-state index in [0.717, 1.165) is 19.5 Å². The molecule has 0 saturated carbocycles. The molecule has 24 heavy (non-hydrogen) atoms. The topological polar surface area (TPSA) is 32.3 Å². The minimum absolute atomic E-state index is 0.00810. The first-order valence-corrected chi connectivity index (χ1v) is 10.5. The summed E-state index contributed by atoms with van der Waals surface area (Å²) in [4.78, 5) is 16.2. The summed E-state index contributed by atoms with van der Waals surface area (Å²) in [7, 11) is 0. The molecular formula is C19H24N2OS2. The highest BCUT2D eigenvalue weighted by Crippen LogP contribution is 2.30. The Hall–Kier alpha value is -1.30. The second-order valence-corrected chi connectivity index (χ2v) is 8.32. The van der Waals surface area contributed by atoms with Crippen LogP contribution in [0.25, 0.3) is 0 Å². The standard InChI is InChI=1S/C19H24N2OS2/c1-14(23-2)19(22)20-12-17(15-6-4-3-5-7-15)21-10-8-18-16(13-21)9-11-24-18/h3-7,9,11,14,17H,8,10,12-13H2,1-2H3,(H,20,22)/t14-,17+/m0/s1. The fourth-order valence-corrected chi connectivity index (χ4v) is 4.30. The van der Waals surface area contributed by atoms with Gasteiger partial charge in [-0.2, -0.15) is 11.8 Å². The molecule has 0 aliphatic carbocycles. The first kappa shape index (κ1) is 17.5. The van der Waals surface area contributed by atoms with Crippen LogP contribution in [-0.2, 0) is 17.8 Å². The summed E-state index contributed by atoms with van der Waals surface area (Å²) in [5.41, 5.74) is 2.71. The minimum Gasteiger partial charge on any atom is -0.353 e. The Morgan fingerprint density at radius 3 is 2.88 bits per heavy atom. The number of amides is 1. The number of carbonyl (C=O) groups excluding carboxylic acids is 1. The van der Waals surface area contributed by atoms with Gasteiger partial charge < -0.3 is 5.32 Å². The lowest BCUT2D eigenvalue weighted by Gasteiger charge is -2.35. The van der Waals surface area contributed by atoms with Crippen molar-refractivity contribution in [3.63, 3.8) is 0 Å². The van der Waals surface area contributed by atoms with E-state index in [9.17, 15) is 4.79 Å². The zero-order valence-electron chi connectivity index (χ0n) is 14.2. The third-order valence-electron chi connectivity index (χ3n) is 4.65. The van der Waals surface area contributed by atoms with Crippen LogP contribution in [0.15, 0.2) is 41.8 Å². The lowest BCUT2D eigenvalue weighted by molar-refractivity contribution is -0.120. The Labute approximate surface area is 152 Å². The molecule has 1 aromatic carbocycles. The van der Waals surface area contributed by atoms with Crippen molar-refractivity contribution in [2.75, 3.05) is 19.3 Å². The van der Waals surface area contributed by atoms with Crippen molar-refractivity contribution in [2.45, 2.75) is 31.2 Å². The molecule has 0 bridgehead atoms. The zero-order valence-corrected chi connectivity index (χ0v) is 15.8. The van der Waals surface area contributed by atoms with Crippen LogP contribution in [0.5, 0.6) is 0 Å². The molecular weight excluding hydrogens is 336 g/mol. The zero-order chi connectivity index (χ0) is 16.9. The lowest BCUT2D eigenvalue weighted by atomic mass is 10.0. The number of thioether (sulfide) groups is 1. The average molecular weight is 361 g/mol. The molecule has 0 unspecified atom stereocenters. The van der Waals surface area contributed by atoms with Crippen LogP contribution in [0, 0.1) is 0 Å². The van der Waals surface area contributed by atoms with Crippen LogP contribution in [0.2, 0.25) is 0 Å². The Balaban J connectivity index is 1.75. The molecule has 0 spiro atoms. The summed E-state index contributed by atoms with van der Waals surface area (Å²) in [6.45, 7) is 4.62. The molecule has 0 saturated heterocycles. The van der Waals surface area contributed by atoms with Crippen molar-refractivity contribution in [1.29, 1.82) is 0 Å². The predicted molar refractivity (Wildman–Crippen MR) is 104 cm³/mol. The van der Waals surface area contributed by atoms with E-state index in [0.29, 0.717) is 6.54 Å². The van der Waals surface area contributed by atoms with E-state index in [1.165, 1.54) is 16.0 Å². The molecule has 1 aromatic heterocycles. The van der Waals surface area contributed by atoms with Crippen LogP contribution in [0.3, 0.4) is 0 Å². The SMILES string of the molecule is CS[C@@H](C)C(=O)NC[C@H](c1ccccc1)N1CCc2sccc2C1. The molecule has 3 nitrogen and oxygen atoms in total. The van der Waals surface area contributed by atoms with E-state index < -0.39 is 0 Å². The number of hydrogen-bond acceptors (Lipinski definition) is 4. The van der Waals surface area contributed by atoms with Gasteiger partial charge in [0.25, 0.3) is 0 Å². The molecule has 2 atom stereocenters. The molecule has 1 N–H and O–H groups in total. The van der Waals surface area contributed by atoms with E-state index in [1.807, 2.05) is 30.6 Å². The summed E-state index contributed by atoms with van der Waals surface area (Å²) >= 11 is 3.44. The van der Waals surface area contributed by atoms with E-state index in [-0.39, 0.29) is 17.2 Å². The van der Waals surface area contributed by atoms with Gasteiger partial charge in [-0.15, -0.1) is 11.3 Å². The Kier molecular flexibility index (Phi) is 5.98.